The number of allylic oxidation sites excluding steroid dienone is 2. The fourth-order valence-corrected chi connectivity index (χ4v) is 5.75. The molecule has 0 aromatic carbocycles. The van der Waals surface area contributed by atoms with Crippen molar-refractivity contribution in [2.45, 2.75) is 168 Å². The van der Waals surface area contributed by atoms with E-state index in [0.29, 0.717) is 17.4 Å². The first-order valence-electron chi connectivity index (χ1n) is 18.9. The third-order valence-electron chi connectivity index (χ3n) is 8.05. The molecule has 2 unspecified atom stereocenters. The number of quaternary nitrogens is 1. The molecule has 0 spiro atoms. The van der Waals surface area contributed by atoms with Gasteiger partial charge in [0.1, 0.15) is 19.8 Å². The van der Waals surface area contributed by atoms with Crippen LogP contribution in [-0.4, -0.2) is 74.9 Å². The van der Waals surface area contributed by atoms with Gasteiger partial charge in [0.25, 0.3) is 0 Å². The van der Waals surface area contributed by atoms with E-state index in [9.17, 15) is 19.0 Å². The summed E-state index contributed by atoms with van der Waals surface area (Å²) >= 11 is 0. The second-order valence-corrected chi connectivity index (χ2v) is 15.4. The number of carbonyl (C=O) groups excluding carboxylic acids is 2. The zero-order valence-corrected chi connectivity index (χ0v) is 31.9. The summed E-state index contributed by atoms with van der Waals surface area (Å²) < 4.78 is 33.9. The maximum atomic E-state index is 12.6. The number of ether oxygens (including phenoxy) is 2. The van der Waals surface area contributed by atoms with Gasteiger partial charge >= 0.3 is 19.8 Å². The summed E-state index contributed by atoms with van der Waals surface area (Å²) in [4.78, 5) is 34.9. The van der Waals surface area contributed by atoms with Crippen molar-refractivity contribution in [2.75, 3.05) is 47.5 Å². The average Bonchev–Trinajstić information content (AvgIpc) is 3.01. The van der Waals surface area contributed by atoms with Crippen LogP contribution in [0.25, 0.3) is 0 Å². The zero-order chi connectivity index (χ0) is 35.1. The van der Waals surface area contributed by atoms with Crippen LogP contribution in [0.5, 0.6) is 0 Å². The van der Waals surface area contributed by atoms with Crippen LogP contribution in [0.2, 0.25) is 0 Å². The topological polar surface area (TPSA) is 108 Å². The lowest BCUT2D eigenvalue weighted by Crippen LogP contribution is -2.37. The van der Waals surface area contributed by atoms with Crippen LogP contribution in [0.3, 0.4) is 0 Å². The second-order valence-electron chi connectivity index (χ2n) is 14.0. The van der Waals surface area contributed by atoms with Crippen LogP contribution in [0, 0.1) is 0 Å². The normalized spacial score (nSPS) is 13.9. The predicted octanol–water partition coefficient (Wildman–Crippen LogP) is 9.85. The number of nitrogens with zero attached hydrogens (tertiary/aromatic N) is 1. The molecule has 278 valence electrons. The highest BCUT2D eigenvalue weighted by molar-refractivity contribution is 7.47. The van der Waals surface area contributed by atoms with Crippen LogP contribution < -0.4 is 0 Å². The van der Waals surface area contributed by atoms with E-state index in [-0.39, 0.29) is 32.0 Å². The number of phosphoric ester groups is 1. The molecule has 0 amide bonds. The standard InChI is InChI=1S/C37H72NO8P/c1-6-8-10-12-13-14-15-16-17-18-19-20-21-22-23-24-26-28-30-37(40)46-35(33-43-36(39)29-27-25-11-9-7-2)34-45-47(41,42)44-32-31-38(3,4)5/h17-18,35H,6-16,19-34H2,1-5H3/p+1/b18-17-. The second kappa shape index (κ2) is 30.8. The van der Waals surface area contributed by atoms with Gasteiger partial charge in [-0.2, -0.15) is 0 Å². The zero-order valence-electron chi connectivity index (χ0n) is 31.0. The Kier molecular flexibility index (Phi) is 30.0. The predicted molar refractivity (Wildman–Crippen MR) is 192 cm³/mol. The number of hydrogen-bond donors (Lipinski definition) is 1. The molecule has 0 saturated heterocycles. The van der Waals surface area contributed by atoms with Crippen molar-refractivity contribution in [1.29, 1.82) is 0 Å². The fourth-order valence-electron chi connectivity index (χ4n) is 5.01. The fraction of sp³-hybridized carbons (Fsp3) is 0.892. The Morgan fingerprint density at radius 1 is 0.638 bits per heavy atom. The summed E-state index contributed by atoms with van der Waals surface area (Å²) in [5, 5.41) is 0. The largest absolute Gasteiger partial charge is 0.472 e. The summed E-state index contributed by atoms with van der Waals surface area (Å²) in [6.07, 6.45) is 28.7. The van der Waals surface area contributed by atoms with Gasteiger partial charge in [0.15, 0.2) is 6.10 Å². The Labute approximate surface area is 288 Å². The highest BCUT2D eigenvalue weighted by atomic mass is 31.2. The maximum Gasteiger partial charge on any atom is 0.472 e. The average molecular weight is 691 g/mol. The van der Waals surface area contributed by atoms with E-state index in [1.807, 2.05) is 21.1 Å². The quantitative estimate of drug-likeness (QED) is 0.0234. The number of likely N-dealkylation sites (N-methyl/N-ethyl adjacent to an activating group) is 1. The van der Waals surface area contributed by atoms with Gasteiger partial charge in [0.05, 0.1) is 27.7 Å². The summed E-state index contributed by atoms with van der Waals surface area (Å²) in [7, 11) is 1.47. The molecule has 0 aromatic rings. The molecule has 0 fully saturated rings. The highest BCUT2D eigenvalue weighted by Gasteiger charge is 2.27. The first-order valence-corrected chi connectivity index (χ1v) is 20.4. The Morgan fingerprint density at radius 3 is 1.57 bits per heavy atom. The molecule has 0 aliphatic rings. The van der Waals surface area contributed by atoms with Crippen molar-refractivity contribution >= 4 is 19.8 Å². The number of rotatable bonds is 34. The summed E-state index contributed by atoms with van der Waals surface area (Å²) in [5.41, 5.74) is 0. The molecule has 1 N–H and O–H groups in total. The lowest BCUT2D eigenvalue weighted by molar-refractivity contribution is -0.870. The van der Waals surface area contributed by atoms with E-state index in [0.717, 1.165) is 57.8 Å². The van der Waals surface area contributed by atoms with Crippen molar-refractivity contribution < 1.29 is 42.1 Å². The third kappa shape index (κ3) is 34.4. The molecule has 2 atom stereocenters. The van der Waals surface area contributed by atoms with Crippen LogP contribution in [0.15, 0.2) is 12.2 Å². The lowest BCUT2D eigenvalue weighted by atomic mass is 10.1. The Hall–Kier alpha value is -1.25. The van der Waals surface area contributed by atoms with E-state index >= 15 is 0 Å². The van der Waals surface area contributed by atoms with Crippen molar-refractivity contribution in [2.24, 2.45) is 0 Å². The van der Waals surface area contributed by atoms with E-state index in [1.54, 1.807) is 0 Å². The van der Waals surface area contributed by atoms with E-state index in [2.05, 4.69) is 26.0 Å². The lowest BCUT2D eigenvalue weighted by Gasteiger charge is -2.24. The third-order valence-corrected chi connectivity index (χ3v) is 9.03. The van der Waals surface area contributed by atoms with Crippen molar-refractivity contribution in [1.82, 2.24) is 0 Å². The van der Waals surface area contributed by atoms with E-state index in [4.69, 9.17) is 18.5 Å². The first-order chi connectivity index (χ1) is 22.5. The molecule has 0 aromatic heterocycles. The van der Waals surface area contributed by atoms with E-state index < -0.39 is 26.5 Å². The SMILES string of the molecule is CCCCCCCCC/C=C\CCCCCCCCCC(=O)OC(COC(=O)CCCCCCC)COP(=O)(O)OCC[N+](C)(C)C. The minimum Gasteiger partial charge on any atom is -0.462 e. The van der Waals surface area contributed by atoms with Gasteiger partial charge in [-0.25, -0.2) is 4.57 Å². The molecule has 10 heteroatoms. The van der Waals surface area contributed by atoms with E-state index in [1.165, 1.54) is 70.6 Å². The van der Waals surface area contributed by atoms with Gasteiger partial charge in [-0.3, -0.25) is 18.6 Å². The Balaban J connectivity index is 4.26. The molecular weight excluding hydrogens is 617 g/mol. The van der Waals surface area contributed by atoms with Crippen LogP contribution in [0.1, 0.15) is 162 Å². The molecule has 0 bridgehead atoms. The number of esters is 2. The van der Waals surface area contributed by atoms with Crippen LogP contribution in [-0.2, 0) is 32.7 Å². The molecular formula is C37H73NO8P+. The molecule has 0 aliphatic heterocycles. The molecule has 9 nitrogen and oxygen atoms in total. The molecule has 47 heavy (non-hydrogen) atoms. The van der Waals surface area contributed by atoms with Gasteiger partial charge in [-0.1, -0.05) is 122 Å². The summed E-state index contributed by atoms with van der Waals surface area (Å²) in [6.45, 7) is 4.31. The minimum absolute atomic E-state index is 0.0329. The van der Waals surface area contributed by atoms with Gasteiger partial charge in [0.2, 0.25) is 0 Å². The number of phosphoric acid groups is 1. The number of hydrogen-bond acceptors (Lipinski definition) is 7. The number of carbonyl (C=O) groups is 2. The molecule has 0 rings (SSSR count). The van der Waals surface area contributed by atoms with Gasteiger partial charge in [0, 0.05) is 12.8 Å². The van der Waals surface area contributed by atoms with Gasteiger partial charge in [-0.05, 0) is 38.5 Å². The maximum absolute atomic E-state index is 12.6. The molecule has 0 heterocycles. The number of unbranched alkanes of at least 4 members (excludes halogenated alkanes) is 18. The monoisotopic (exact) mass is 691 g/mol. The van der Waals surface area contributed by atoms with Crippen molar-refractivity contribution in [3.05, 3.63) is 12.2 Å². The minimum atomic E-state index is -4.35. The van der Waals surface area contributed by atoms with Gasteiger partial charge < -0.3 is 18.9 Å². The van der Waals surface area contributed by atoms with Crippen molar-refractivity contribution in [3.63, 3.8) is 0 Å². The van der Waals surface area contributed by atoms with Gasteiger partial charge in [-0.15, -0.1) is 0 Å². The highest BCUT2D eigenvalue weighted by Crippen LogP contribution is 2.43. The first kappa shape index (κ1) is 45.8. The summed E-state index contributed by atoms with van der Waals surface area (Å²) in [6, 6.07) is 0. The smallest absolute Gasteiger partial charge is 0.462 e. The Morgan fingerprint density at radius 2 is 1.09 bits per heavy atom. The molecule has 0 aliphatic carbocycles. The molecule has 0 saturated carbocycles. The Bertz CT molecular complexity index is 830. The van der Waals surface area contributed by atoms with Crippen LogP contribution in [0.4, 0.5) is 0 Å². The van der Waals surface area contributed by atoms with Crippen LogP contribution >= 0.6 is 7.82 Å². The summed E-state index contributed by atoms with van der Waals surface area (Å²) in [5.74, 6) is -0.815. The molecule has 0 radical (unpaired) electrons. The van der Waals surface area contributed by atoms with Crippen molar-refractivity contribution in [3.8, 4) is 0 Å².